The van der Waals surface area contributed by atoms with E-state index in [0.717, 1.165) is 37.1 Å². The van der Waals surface area contributed by atoms with Crippen LogP contribution in [0.25, 0.3) is 0 Å². The molecule has 120 valence electrons. The van der Waals surface area contributed by atoms with Crippen molar-refractivity contribution in [1.29, 1.82) is 0 Å². The fourth-order valence-corrected chi connectivity index (χ4v) is 3.00. The van der Waals surface area contributed by atoms with Crippen molar-refractivity contribution in [3.05, 3.63) is 34.9 Å². The zero-order chi connectivity index (χ0) is 15.5. The van der Waals surface area contributed by atoms with Crippen LogP contribution < -0.4 is 5.32 Å². The normalized spacial score (nSPS) is 12.8. The minimum absolute atomic E-state index is 0.631. The molecular formula is C18H30ClNO. The summed E-state index contributed by atoms with van der Waals surface area (Å²) in [5.41, 5.74) is 1.27. The van der Waals surface area contributed by atoms with E-state index in [1.54, 1.807) is 7.11 Å². The third-order valence-electron chi connectivity index (χ3n) is 4.20. The second-order valence-corrected chi connectivity index (χ2v) is 6.18. The van der Waals surface area contributed by atoms with Crippen LogP contribution in [0.1, 0.15) is 38.7 Å². The van der Waals surface area contributed by atoms with Crippen LogP contribution in [0.4, 0.5) is 0 Å². The molecule has 0 aliphatic heterocycles. The predicted molar refractivity (Wildman–Crippen MR) is 92.1 cm³/mol. The SMILES string of the molecule is CCC(CC)CC(CNCCOC)Cc1ccccc1Cl. The fraction of sp³-hybridized carbons (Fsp3) is 0.667. The lowest BCUT2D eigenvalue weighted by molar-refractivity contribution is 0.196. The molecule has 0 saturated carbocycles. The Morgan fingerprint density at radius 3 is 2.48 bits per heavy atom. The number of hydrogen-bond donors (Lipinski definition) is 1. The van der Waals surface area contributed by atoms with Crippen molar-refractivity contribution in [2.75, 3.05) is 26.8 Å². The molecule has 2 nitrogen and oxygen atoms in total. The van der Waals surface area contributed by atoms with Gasteiger partial charge in [0.1, 0.15) is 0 Å². The first-order valence-corrected chi connectivity index (χ1v) is 8.52. The fourth-order valence-electron chi connectivity index (χ4n) is 2.79. The Balaban J connectivity index is 2.60. The molecule has 0 radical (unpaired) electrons. The second kappa shape index (κ2) is 11.1. The summed E-state index contributed by atoms with van der Waals surface area (Å²) in [5.74, 6) is 1.44. The Morgan fingerprint density at radius 1 is 1.14 bits per heavy atom. The number of methoxy groups -OCH3 is 1. The summed E-state index contributed by atoms with van der Waals surface area (Å²) in [6, 6.07) is 8.22. The van der Waals surface area contributed by atoms with Gasteiger partial charge in [-0.2, -0.15) is 0 Å². The quantitative estimate of drug-likeness (QED) is 0.605. The Hall–Kier alpha value is -0.570. The predicted octanol–water partition coefficient (Wildman–Crippen LogP) is 4.56. The van der Waals surface area contributed by atoms with Crippen LogP contribution in [0.2, 0.25) is 5.02 Å². The van der Waals surface area contributed by atoms with Gasteiger partial charge >= 0.3 is 0 Å². The Morgan fingerprint density at radius 2 is 1.86 bits per heavy atom. The molecule has 0 aliphatic carbocycles. The summed E-state index contributed by atoms with van der Waals surface area (Å²) in [7, 11) is 1.74. The molecule has 1 aromatic carbocycles. The zero-order valence-electron chi connectivity index (χ0n) is 13.7. The molecule has 1 rings (SSSR count). The van der Waals surface area contributed by atoms with E-state index in [4.69, 9.17) is 16.3 Å². The van der Waals surface area contributed by atoms with Crippen molar-refractivity contribution >= 4 is 11.6 Å². The van der Waals surface area contributed by atoms with Gasteiger partial charge in [-0.05, 0) is 42.9 Å². The molecule has 1 atom stereocenters. The van der Waals surface area contributed by atoms with Crippen LogP contribution in [0.15, 0.2) is 24.3 Å². The van der Waals surface area contributed by atoms with Gasteiger partial charge < -0.3 is 10.1 Å². The van der Waals surface area contributed by atoms with Crippen molar-refractivity contribution in [3.63, 3.8) is 0 Å². The maximum Gasteiger partial charge on any atom is 0.0587 e. The van der Waals surface area contributed by atoms with E-state index < -0.39 is 0 Å². The van der Waals surface area contributed by atoms with Gasteiger partial charge in [-0.15, -0.1) is 0 Å². The van der Waals surface area contributed by atoms with E-state index in [-0.39, 0.29) is 0 Å². The van der Waals surface area contributed by atoms with Gasteiger partial charge in [0.05, 0.1) is 6.61 Å². The number of nitrogens with one attached hydrogen (secondary N) is 1. The molecule has 0 bridgehead atoms. The monoisotopic (exact) mass is 311 g/mol. The number of rotatable bonds is 11. The van der Waals surface area contributed by atoms with Crippen molar-refractivity contribution < 1.29 is 4.74 Å². The van der Waals surface area contributed by atoms with Gasteiger partial charge in [0.2, 0.25) is 0 Å². The van der Waals surface area contributed by atoms with Gasteiger partial charge in [-0.3, -0.25) is 0 Å². The van der Waals surface area contributed by atoms with Gasteiger partial charge in [-0.25, -0.2) is 0 Å². The van der Waals surface area contributed by atoms with Gasteiger partial charge in [0.15, 0.2) is 0 Å². The highest BCUT2D eigenvalue weighted by atomic mass is 35.5. The molecule has 0 aromatic heterocycles. The van der Waals surface area contributed by atoms with E-state index in [1.807, 2.05) is 12.1 Å². The topological polar surface area (TPSA) is 21.3 Å². The first-order chi connectivity index (χ1) is 10.2. The molecule has 0 saturated heterocycles. The number of halogens is 1. The van der Waals surface area contributed by atoms with Crippen LogP contribution in [0.5, 0.6) is 0 Å². The molecule has 0 fully saturated rings. The molecular weight excluding hydrogens is 282 g/mol. The van der Waals surface area contributed by atoms with Crippen LogP contribution in [0.3, 0.4) is 0 Å². The van der Waals surface area contributed by atoms with Gasteiger partial charge in [-0.1, -0.05) is 56.5 Å². The smallest absolute Gasteiger partial charge is 0.0587 e. The summed E-state index contributed by atoms with van der Waals surface area (Å²) in [6.45, 7) is 7.30. The zero-order valence-corrected chi connectivity index (χ0v) is 14.5. The van der Waals surface area contributed by atoms with Crippen LogP contribution in [0, 0.1) is 11.8 Å². The highest BCUT2D eigenvalue weighted by molar-refractivity contribution is 6.31. The van der Waals surface area contributed by atoms with Crippen molar-refractivity contribution in [2.45, 2.75) is 39.5 Å². The van der Waals surface area contributed by atoms with E-state index in [2.05, 4.69) is 31.3 Å². The lowest BCUT2D eigenvalue weighted by Crippen LogP contribution is -2.28. The molecule has 1 aromatic rings. The van der Waals surface area contributed by atoms with E-state index in [9.17, 15) is 0 Å². The van der Waals surface area contributed by atoms with E-state index in [1.165, 1.54) is 24.8 Å². The summed E-state index contributed by atoms with van der Waals surface area (Å²) in [5, 5.41) is 4.40. The molecule has 0 heterocycles. The minimum Gasteiger partial charge on any atom is -0.383 e. The summed E-state index contributed by atoms with van der Waals surface area (Å²) < 4.78 is 5.10. The van der Waals surface area contributed by atoms with Gasteiger partial charge in [0.25, 0.3) is 0 Å². The standard InChI is InChI=1S/C18H30ClNO/c1-4-15(5-2)12-16(14-20-10-11-21-3)13-17-8-6-7-9-18(17)19/h6-9,15-16,20H,4-5,10-14H2,1-3H3. The van der Waals surface area contributed by atoms with Crippen molar-refractivity contribution in [3.8, 4) is 0 Å². The number of hydrogen-bond acceptors (Lipinski definition) is 2. The first kappa shape index (κ1) is 18.5. The Labute approximate surface area is 135 Å². The third kappa shape index (κ3) is 7.30. The average molecular weight is 312 g/mol. The molecule has 0 aliphatic rings. The molecule has 21 heavy (non-hydrogen) atoms. The molecule has 1 unspecified atom stereocenters. The maximum atomic E-state index is 6.32. The van der Waals surface area contributed by atoms with Crippen LogP contribution in [-0.4, -0.2) is 26.8 Å². The molecule has 3 heteroatoms. The summed E-state index contributed by atoms with van der Waals surface area (Å²) in [4.78, 5) is 0. The average Bonchev–Trinajstić information content (AvgIpc) is 2.50. The second-order valence-electron chi connectivity index (χ2n) is 5.78. The largest absolute Gasteiger partial charge is 0.383 e. The number of ether oxygens (including phenoxy) is 1. The van der Waals surface area contributed by atoms with Crippen LogP contribution >= 0.6 is 11.6 Å². The minimum atomic E-state index is 0.631. The van der Waals surface area contributed by atoms with Gasteiger partial charge in [0, 0.05) is 18.7 Å². The summed E-state index contributed by atoms with van der Waals surface area (Å²) >= 11 is 6.32. The van der Waals surface area contributed by atoms with Crippen LogP contribution in [-0.2, 0) is 11.2 Å². The Bertz CT molecular complexity index is 379. The van der Waals surface area contributed by atoms with E-state index in [0.29, 0.717) is 5.92 Å². The third-order valence-corrected chi connectivity index (χ3v) is 4.57. The molecule has 0 amide bonds. The van der Waals surface area contributed by atoms with Crippen molar-refractivity contribution in [2.24, 2.45) is 11.8 Å². The van der Waals surface area contributed by atoms with Crippen molar-refractivity contribution in [1.82, 2.24) is 5.32 Å². The first-order valence-electron chi connectivity index (χ1n) is 8.14. The highest BCUT2D eigenvalue weighted by Crippen LogP contribution is 2.25. The molecule has 0 spiro atoms. The number of benzene rings is 1. The Kier molecular flexibility index (Phi) is 9.73. The highest BCUT2D eigenvalue weighted by Gasteiger charge is 2.16. The maximum absolute atomic E-state index is 6.32. The lowest BCUT2D eigenvalue weighted by atomic mass is 9.86. The van der Waals surface area contributed by atoms with E-state index >= 15 is 0 Å². The lowest BCUT2D eigenvalue weighted by Gasteiger charge is -2.23. The molecule has 1 N–H and O–H groups in total. The summed E-state index contributed by atoms with van der Waals surface area (Å²) in [6.07, 6.45) is 4.83.